The number of aldehydes is 1. The highest BCUT2D eigenvalue weighted by atomic mass is 16.7. The SMILES string of the molecule is CN(OC=[N+](C)C)C(=O)CCC=O. The number of nitrogens with zero attached hydrogens (tertiary/aromatic N) is 2. The number of amides is 1. The van der Waals surface area contributed by atoms with E-state index in [4.69, 9.17) is 4.84 Å². The lowest BCUT2D eigenvalue weighted by atomic mass is 10.3. The van der Waals surface area contributed by atoms with Crippen LogP contribution in [0.3, 0.4) is 0 Å². The quantitative estimate of drug-likeness (QED) is 0.194. The van der Waals surface area contributed by atoms with E-state index in [1.165, 1.54) is 13.4 Å². The van der Waals surface area contributed by atoms with Gasteiger partial charge in [-0.15, -0.1) is 0 Å². The Balaban J connectivity index is 3.82. The molecule has 0 aromatic heterocycles. The molecule has 0 aliphatic rings. The molecule has 0 saturated heterocycles. The van der Waals surface area contributed by atoms with Crippen LogP contribution in [0, 0.1) is 0 Å². The van der Waals surface area contributed by atoms with Crippen LogP contribution in [0.1, 0.15) is 12.8 Å². The lowest BCUT2D eigenvalue weighted by molar-refractivity contribution is -0.471. The fourth-order valence-corrected chi connectivity index (χ4v) is 0.564. The molecule has 13 heavy (non-hydrogen) atoms. The van der Waals surface area contributed by atoms with Crippen molar-refractivity contribution in [3.05, 3.63) is 0 Å². The maximum atomic E-state index is 11.1. The number of rotatable bonds is 5. The van der Waals surface area contributed by atoms with Crippen molar-refractivity contribution in [2.75, 3.05) is 21.1 Å². The summed E-state index contributed by atoms with van der Waals surface area (Å²) < 4.78 is 1.67. The molecule has 0 fully saturated rings. The summed E-state index contributed by atoms with van der Waals surface area (Å²) >= 11 is 0. The molecule has 0 unspecified atom stereocenters. The molecule has 5 nitrogen and oxygen atoms in total. The fraction of sp³-hybridized carbons (Fsp3) is 0.625. The van der Waals surface area contributed by atoms with Crippen LogP contribution in [-0.2, 0) is 14.4 Å². The number of carbonyl (C=O) groups is 2. The Hall–Kier alpha value is -1.39. The van der Waals surface area contributed by atoms with Crippen molar-refractivity contribution in [2.24, 2.45) is 0 Å². The van der Waals surface area contributed by atoms with Gasteiger partial charge in [-0.3, -0.25) is 4.79 Å². The van der Waals surface area contributed by atoms with Crippen molar-refractivity contribution in [3.63, 3.8) is 0 Å². The first-order valence-corrected chi connectivity index (χ1v) is 3.94. The van der Waals surface area contributed by atoms with Crippen LogP contribution in [-0.4, -0.2) is 49.4 Å². The topological polar surface area (TPSA) is 49.6 Å². The Morgan fingerprint density at radius 1 is 1.54 bits per heavy atom. The van der Waals surface area contributed by atoms with E-state index in [9.17, 15) is 9.59 Å². The second-order valence-corrected chi connectivity index (χ2v) is 2.77. The van der Waals surface area contributed by atoms with Gasteiger partial charge in [0.05, 0.1) is 0 Å². The molecule has 0 aliphatic carbocycles. The Bertz CT molecular complexity index is 209. The van der Waals surface area contributed by atoms with E-state index in [0.717, 1.165) is 5.06 Å². The van der Waals surface area contributed by atoms with Crippen molar-refractivity contribution in [3.8, 4) is 0 Å². The van der Waals surface area contributed by atoms with Crippen LogP contribution in [0.15, 0.2) is 0 Å². The minimum Gasteiger partial charge on any atom is -0.321 e. The van der Waals surface area contributed by atoms with Crippen molar-refractivity contribution >= 4 is 18.6 Å². The average Bonchev–Trinajstić information content (AvgIpc) is 2.10. The second kappa shape index (κ2) is 6.16. The van der Waals surface area contributed by atoms with E-state index in [-0.39, 0.29) is 18.7 Å². The predicted octanol–water partition coefficient (Wildman–Crippen LogP) is -0.344. The molecule has 5 heteroatoms. The van der Waals surface area contributed by atoms with Gasteiger partial charge in [0, 0.05) is 19.9 Å². The molecule has 0 radical (unpaired) electrons. The predicted molar refractivity (Wildman–Crippen MR) is 47.3 cm³/mol. The smallest absolute Gasteiger partial charge is 0.321 e. The summed E-state index contributed by atoms with van der Waals surface area (Å²) in [6, 6.07) is 0. The van der Waals surface area contributed by atoms with Gasteiger partial charge in [-0.25, -0.2) is 4.58 Å². The highest BCUT2D eigenvalue weighted by molar-refractivity contribution is 5.77. The normalized spacial score (nSPS) is 8.85. The van der Waals surface area contributed by atoms with Crippen LogP contribution >= 0.6 is 0 Å². The third kappa shape index (κ3) is 5.84. The minimum absolute atomic E-state index is 0.182. The van der Waals surface area contributed by atoms with E-state index in [1.54, 1.807) is 18.7 Å². The molecule has 74 valence electrons. The van der Waals surface area contributed by atoms with E-state index >= 15 is 0 Å². The number of carbonyl (C=O) groups excluding carboxylic acids is 2. The molecule has 1 amide bonds. The van der Waals surface area contributed by atoms with Crippen molar-refractivity contribution in [2.45, 2.75) is 12.8 Å². The zero-order valence-electron chi connectivity index (χ0n) is 8.19. The van der Waals surface area contributed by atoms with Crippen molar-refractivity contribution < 1.29 is 19.0 Å². The molecule has 0 N–H and O–H groups in total. The van der Waals surface area contributed by atoms with E-state index in [2.05, 4.69) is 0 Å². The zero-order chi connectivity index (χ0) is 10.3. The summed E-state index contributed by atoms with van der Waals surface area (Å²) in [5.41, 5.74) is 0. The van der Waals surface area contributed by atoms with Gasteiger partial charge in [0.15, 0.2) is 0 Å². The summed E-state index contributed by atoms with van der Waals surface area (Å²) in [5, 5.41) is 1.10. The van der Waals surface area contributed by atoms with E-state index in [0.29, 0.717) is 6.29 Å². The van der Waals surface area contributed by atoms with Gasteiger partial charge in [-0.1, -0.05) is 0 Å². The third-order valence-corrected chi connectivity index (χ3v) is 1.24. The van der Waals surface area contributed by atoms with Crippen molar-refractivity contribution in [1.29, 1.82) is 0 Å². The van der Waals surface area contributed by atoms with Gasteiger partial charge < -0.3 is 9.63 Å². The molecule has 0 rings (SSSR count). The molecule has 0 heterocycles. The lowest BCUT2D eigenvalue weighted by Gasteiger charge is -2.11. The number of hydrogen-bond donors (Lipinski definition) is 0. The molecule has 0 saturated carbocycles. The Morgan fingerprint density at radius 3 is 2.62 bits per heavy atom. The van der Waals surface area contributed by atoms with E-state index < -0.39 is 0 Å². The summed E-state index contributed by atoms with van der Waals surface area (Å²) in [7, 11) is 5.07. The molecule has 0 aromatic rings. The van der Waals surface area contributed by atoms with Gasteiger partial charge in [-0.05, 0) is 0 Å². The lowest BCUT2D eigenvalue weighted by Crippen LogP contribution is -2.27. The first-order valence-electron chi connectivity index (χ1n) is 3.94. The maximum Gasteiger partial charge on any atom is 0.348 e. The first kappa shape index (κ1) is 11.6. The van der Waals surface area contributed by atoms with Gasteiger partial charge in [0.2, 0.25) is 0 Å². The fourth-order valence-electron chi connectivity index (χ4n) is 0.564. The number of hydrogen-bond acceptors (Lipinski definition) is 3. The maximum absolute atomic E-state index is 11.1. The molecular formula is C8H15N2O3+. The van der Waals surface area contributed by atoms with Gasteiger partial charge in [-0.2, -0.15) is 5.06 Å². The minimum atomic E-state index is -0.217. The highest BCUT2D eigenvalue weighted by Gasteiger charge is 2.08. The Kier molecular flexibility index (Phi) is 5.50. The Morgan fingerprint density at radius 2 is 2.15 bits per heavy atom. The molecule has 0 aliphatic heterocycles. The zero-order valence-corrected chi connectivity index (χ0v) is 8.19. The van der Waals surface area contributed by atoms with Gasteiger partial charge >= 0.3 is 6.40 Å². The van der Waals surface area contributed by atoms with Crippen LogP contribution in [0.4, 0.5) is 0 Å². The van der Waals surface area contributed by atoms with Crippen LogP contribution in [0.5, 0.6) is 0 Å². The molecule has 0 bridgehead atoms. The second-order valence-electron chi connectivity index (χ2n) is 2.77. The average molecular weight is 187 g/mol. The molecule has 0 aromatic carbocycles. The third-order valence-electron chi connectivity index (χ3n) is 1.24. The summed E-state index contributed by atoms with van der Waals surface area (Å²) in [6.07, 6.45) is 2.52. The highest BCUT2D eigenvalue weighted by Crippen LogP contribution is 1.92. The summed E-state index contributed by atoms with van der Waals surface area (Å²) in [5.74, 6) is -0.217. The van der Waals surface area contributed by atoms with Crippen LogP contribution in [0.2, 0.25) is 0 Å². The van der Waals surface area contributed by atoms with Crippen LogP contribution < -0.4 is 0 Å². The first-order chi connectivity index (χ1) is 6.07. The largest absolute Gasteiger partial charge is 0.348 e. The molecule has 0 spiro atoms. The molecule has 0 atom stereocenters. The number of hydroxylamine groups is 2. The van der Waals surface area contributed by atoms with Gasteiger partial charge in [0.1, 0.15) is 20.4 Å². The Labute approximate surface area is 77.5 Å². The van der Waals surface area contributed by atoms with E-state index in [1.807, 2.05) is 0 Å². The molecular weight excluding hydrogens is 172 g/mol. The van der Waals surface area contributed by atoms with Crippen molar-refractivity contribution in [1.82, 2.24) is 5.06 Å². The summed E-state index contributed by atoms with van der Waals surface area (Å²) in [4.78, 5) is 26.0. The van der Waals surface area contributed by atoms with Crippen LogP contribution in [0.25, 0.3) is 0 Å². The monoisotopic (exact) mass is 187 g/mol. The summed E-state index contributed by atoms with van der Waals surface area (Å²) in [6.45, 7) is 0. The van der Waals surface area contributed by atoms with Gasteiger partial charge in [0.25, 0.3) is 5.91 Å². The standard InChI is InChI=1S/C8H15N2O3/c1-9(2)7-13-10(3)8(12)5-4-6-11/h6-7H,4-5H2,1-3H3/q+1.